The van der Waals surface area contributed by atoms with Crippen molar-refractivity contribution in [3.8, 4) is 0 Å². The zero-order valence-corrected chi connectivity index (χ0v) is 15.6. The van der Waals surface area contributed by atoms with Gasteiger partial charge in [0.2, 0.25) is 5.91 Å². The van der Waals surface area contributed by atoms with E-state index in [0.717, 1.165) is 5.56 Å². The highest BCUT2D eigenvalue weighted by molar-refractivity contribution is 5.85. The molecule has 0 aromatic carbocycles. The molecule has 6 heteroatoms. The van der Waals surface area contributed by atoms with E-state index >= 15 is 0 Å². The first-order chi connectivity index (χ1) is 9.23. The van der Waals surface area contributed by atoms with Gasteiger partial charge in [-0.05, 0) is 23.0 Å². The lowest BCUT2D eigenvalue weighted by atomic mass is 9.86. The molecule has 22 heavy (non-hydrogen) atoms. The molecule has 2 atom stereocenters. The minimum Gasteiger partial charge on any atom is -0.354 e. The van der Waals surface area contributed by atoms with Gasteiger partial charge in [0.25, 0.3) is 0 Å². The van der Waals surface area contributed by atoms with Crippen LogP contribution in [-0.4, -0.2) is 23.5 Å². The van der Waals surface area contributed by atoms with Crippen molar-refractivity contribution in [1.29, 1.82) is 0 Å². The number of hydrogen-bond acceptors (Lipinski definition) is 3. The van der Waals surface area contributed by atoms with Gasteiger partial charge in [0, 0.05) is 24.9 Å². The quantitative estimate of drug-likeness (QED) is 0.857. The van der Waals surface area contributed by atoms with Gasteiger partial charge in [-0.3, -0.25) is 9.78 Å². The molecule has 0 saturated heterocycles. The van der Waals surface area contributed by atoms with Crippen molar-refractivity contribution in [3.05, 3.63) is 30.1 Å². The maximum absolute atomic E-state index is 12.1. The van der Waals surface area contributed by atoms with Gasteiger partial charge in [-0.1, -0.05) is 40.7 Å². The maximum atomic E-state index is 12.1. The Morgan fingerprint density at radius 3 is 2.32 bits per heavy atom. The molecule has 128 valence electrons. The van der Waals surface area contributed by atoms with Crippen molar-refractivity contribution in [2.45, 2.75) is 46.6 Å². The Labute approximate surface area is 146 Å². The second-order valence-corrected chi connectivity index (χ2v) is 6.73. The van der Waals surface area contributed by atoms with Gasteiger partial charge in [0.1, 0.15) is 0 Å². The molecule has 1 aromatic heterocycles. The Balaban J connectivity index is 0. The topological polar surface area (TPSA) is 68.0 Å². The van der Waals surface area contributed by atoms with Gasteiger partial charge in [0.05, 0.1) is 6.04 Å². The highest BCUT2D eigenvalue weighted by Gasteiger charge is 2.28. The van der Waals surface area contributed by atoms with Crippen LogP contribution in [-0.2, 0) is 4.79 Å². The zero-order valence-electron chi connectivity index (χ0n) is 14.0. The highest BCUT2D eigenvalue weighted by Crippen LogP contribution is 2.23. The third-order valence-electron chi connectivity index (χ3n) is 3.63. The Bertz CT molecular complexity index is 433. The highest BCUT2D eigenvalue weighted by atomic mass is 35.5. The first-order valence-corrected chi connectivity index (χ1v) is 7.16. The van der Waals surface area contributed by atoms with Crippen LogP contribution in [0.25, 0.3) is 0 Å². The zero-order chi connectivity index (χ0) is 15.3. The average Bonchev–Trinajstić information content (AvgIpc) is 2.37. The van der Waals surface area contributed by atoms with E-state index in [4.69, 9.17) is 5.73 Å². The molecule has 0 radical (unpaired) electrons. The molecule has 1 amide bonds. The van der Waals surface area contributed by atoms with Gasteiger partial charge in [-0.25, -0.2) is 0 Å². The van der Waals surface area contributed by atoms with Crippen molar-refractivity contribution in [2.75, 3.05) is 6.54 Å². The average molecular weight is 350 g/mol. The number of pyridine rings is 1. The predicted molar refractivity (Wildman–Crippen MR) is 96.8 cm³/mol. The van der Waals surface area contributed by atoms with Crippen molar-refractivity contribution in [2.24, 2.45) is 17.1 Å². The number of nitrogens with one attached hydrogen (secondary N) is 1. The number of amides is 1. The van der Waals surface area contributed by atoms with Crippen LogP contribution in [0.3, 0.4) is 0 Å². The fraction of sp³-hybridized carbons (Fsp3) is 0.625. The molecule has 0 spiro atoms. The fourth-order valence-corrected chi connectivity index (χ4v) is 2.05. The minimum atomic E-state index is -0.496. The third-order valence-corrected chi connectivity index (χ3v) is 3.63. The third kappa shape index (κ3) is 6.95. The molecular weight excluding hydrogens is 321 g/mol. The largest absolute Gasteiger partial charge is 0.354 e. The van der Waals surface area contributed by atoms with Crippen molar-refractivity contribution < 1.29 is 4.79 Å². The molecule has 0 saturated carbocycles. The van der Waals surface area contributed by atoms with Crippen LogP contribution >= 0.6 is 24.8 Å². The van der Waals surface area contributed by atoms with E-state index in [0.29, 0.717) is 12.5 Å². The summed E-state index contributed by atoms with van der Waals surface area (Å²) >= 11 is 0. The lowest BCUT2D eigenvalue weighted by molar-refractivity contribution is -0.124. The number of carbonyl (C=O) groups excluding carboxylic acids is 1. The summed E-state index contributed by atoms with van der Waals surface area (Å²) < 4.78 is 0. The molecule has 0 aliphatic carbocycles. The van der Waals surface area contributed by atoms with E-state index in [1.807, 2.05) is 39.1 Å². The second-order valence-electron chi connectivity index (χ2n) is 6.73. The summed E-state index contributed by atoms with van der Waals surface area (Å²) in [4.78, 5) is 16.2. The van der Waals surface area contributed by atoms with Crippen molar-refractivity contribution >= 4 is 30.7 Å². The molecule has 4 nitrogen and oxygen atoms in total. The summed E-state index contributed by atoms with van der Waals surface area (Å²) in [5.74, 6) is 0.581. The molecule has 3 N–H and O–H groups in total. The van der Waals surface area contributed by atoms with Crippen LogP contribution in [0.2, 0.25) is 0 Å². The summed E-state index contributed by atoms with van der Waals surface area (Å²) in [6, 6.07) is 3.48. The molecular formula is C16H29Cl2N3O. The summed E-state index contributed by atoms with van der Waals surface area (Å²) in [7, 11) is 0. The van der Waals surface area contributed by atoms with Crippen LogP contribution in [0.15, 0.2) is 24.5 Å². The van der Waals surface area contributed by atoms with Gasteiger partial charge in [-0.15, -0.1) is 24.8 Å². The normalized spacial score (nSPS) is 13.6. The van der Waals surface area contributed by atoms with E-state index < -0.39 is 6.04 Å². The number of rotatable bonds is 5. The first kappa shape index (κ1) is 23.4. The summed E-state index contributed by atoms with van der Waals surface area (Å²) in [5.41, 5.74) is 6.89. The molecule has 0 aliphatic rings. The number of carbonyl (C=O) groups is 1. The summed E-state index contributed by atoms with van der Waals surface area (Å²) in [6.45, 7) is 10.8. The minimum absolute atomic E-state index is 0. The fourth-order valence-electron chi connectivity index (χ4n) is 2.05. The number of nitrogens with zero attached hydrogens (tertiary/aromatic N) is 1. The van der Waals surface area contributed by atoms with Gasteiger partial charge in [0.15, 0.2) is 0 Å². The van der Waals surface area contributed by atoms with E-state index in [-0.39, 0.29) is 42.1 Å². The predicted octanol–water partition coefficient (Wildman–Crippen LogP) is 3.15. The van der Waals surface area contributed by atoms with Crippen LogP contribution in [0.4, 0.5) is 0 Å². The second kappa shape index (κ2) is 10.0. The van der Waals surface area contributed by atoms with Crippen LogP contribution in [0.1, 0.15) is 46.1 Å². The standard InChI is InChI=1S/C16H27N3O.2ClH/c1-11(2)13(12-7-6-8-18-9-12)10-19-15(20)14(17)16(3,4)5;;/h6-9,11,13-14H,10,17H2,1-5H3,(H,19,20);2*1H/t13?,14-;;/m1../s1. The number of halogens is 2. The van der Waals surface area contributed by atoms with E-state index in [2.05, 4.69) is 24.1 Å². The van der Waals surface area contributed by atoms with Crippen LogP contribution < -0.4 is 11.1 Å². The number of hydrogen-bond donors (Lipinski definition) is 2. The molecule has 1 heterocycles. The molecule has 1 aromatic rings. The van der Waals surface area contributed by atoms with E-state index in [9.17, 15) is 4.79 Å². The molecule has 1 rings (SSSR count). The van der Waals surface area contributed by atoms with Gasteiger partial charge < -0.3 is 11.1 Å². The number of nitrogens with two attached hydrogens (primary N) is 1. The molecule has 1 unspecified atom stereocenters. The van der Waals surface area contributed by atoms with Gasteiger partial charge >= 0.3 is 0 Å². The van der Waals surface area contributed by atoms with E-state index in [1.165, 1.54) is 0 Å². The number of aromatic nitrogens is 1. The lowest BCUT2D eigenvalue weighted by Gasteiger charge is -2.28. The van der Waals surface area contributed by atoms with E-state index in [1.54, 1.807) is 6.20 Å². The van der Waals surface area contributed by atoms with Crippen molar-refractivity contribution in [3.63, 3.8) is 0 Å². The van der Waals surface area contributed by atoms with Crippen LogP contribution in [0, 0.1) is 11.3 Å². The Morgan fingerprint density at radius 2 is 1.91 bits per heavy atom. The smallest absolute Gasteiger partial charge is 0.237 e. The summed E-state index contributed by atoms with van der Waals surface area (Å²) in [6.07, 6.45) is 3.62. The Kier molecular flexibility index (Phi) is 10.7. The summed E-state index contributed by atoms with van der Waals surface area (Å²) in [5, 5.41) is 2.98. The maximum Gasteiger partial charge on any atom is 0.237 e. The monoisotopic (exact) mass is 349 g/mol. The SMILES string of the molecule is CC(C)C(CNC(=O)[C@@H](N)C(C)(C)C)c1cccnc1.Cl.Cl. The Morgan fingerprint density at radius 1 is 1.32 bits per heavy atom. The first-order valence-electron chi connectivity index (χ1n) is 7.16. The molecule has 0 fully saturated rings. The lowest BCUT2D eigenvalue weighted by Crippen LogP contribution is -2.49. The van der Waals surface area contributed by atoms with Crippen LogP contribution in [0.5, 0.6) is 0 Å². The van der Waals surface area contributed by atoms with Gasteiger partial charge in [-0.2, -0.15) is 0 Å². The molecule has 0 bridgehead atoms. The Hall–Kier alpha value is -0.840. The molecule has 0 aliphatic heterocycles. The van der Waals surface area contributed by atoms with Crippen molar-refractivity contribution in [1.82, 2.24) is 10.3 Å².